The molecule has 1 N–H and O–H groups in total. The molecule has 0 aromatic carbocycles. The van der Waals surface area contributed by atoms with Gasteiger partial charge in [0.15, 0.2) is 0 Å². The summed E-state index contributed by atoms with van der Waals surface area (Å²) in [5.41, 5.74) is 1.36. The first-order chi connectivity index (χ1) is 11.4. The van der Waals surface area contributed by atoms with Gasteiger partial charge in [-0.1, -0.05) is 66.7 Å². The molecule has 2 aliphatic rings. The summed E-state index contributed by atoms with van der Waals surface area (Å²) in [4.78, 5) is 4.21. The molecule has 2 heterocycles. The van der Waals surface area contributed by atoms with Gasteiger partial charge in [-0.15, -0.1) is 0 Å². The molecule has 134 valence electrons. The average Bonchev–Trinajstić information content (AvgIpc) is 2.68. The van der Waals surface area contributed by atoms with Crippen LogP contribution in [0.15, 0.2) is 30.5 Å². The molecule has 3 rings (SSSR count). The monoisotopic (exact) mass is 320 g/mol. The molecule has 0 saturated carbocycles. The Hall–Kier alpha value is -1.31. The van der Waals surface area contributed by atoms with Gasteiger partial charge in [0.25, 0.3) is 0 Å². The van der Waals surface area contributed by atoms with E-state index in [2.05, 4.69) is 35.4 Å². The average molecular weight is 321 g/mol. The van der Waals surface area contributed by atoms with E-state index in [0.717, 1.165) is 18.3 Å². The molecule has 0 radical (unpaired) electrons. The van der Waals surface area contributed by atoms with E-state index in [4.69, 9.17) is 0 Å². The van der Waals surface area contributed by atoms with Crippen LogP contribution in [0.25, 0.3) is 0 Å². The highest BCUT2D eigenvalue weighted by molar-refractivity contribution is 5.45. The highest BCUT2D eigenvalue weighted by Crippen LogP contribution is 2.17. The Morgan fingerprint density at radius 3 is 2.22 bits per heavy atom. The molecule has 1 aromatic rings. The molecule has 0 saturated heterocycles. The highest BCUT2D eigenvalue weighted by Gasteiger charge is 2.06. The van der Waals surface area contributed by atoms with E-state index in [1.165, 1.54) is 37.7 Å². The summed E-state index contributed by atoms with van der Waals surface area (Å²) < 4.78 is 0. The van der Waals surface area contributed by atoms with Crippen molar-refractivity contribution in [2.45, 2.75) is 80.6 Å². The van der Waals surface area contributed by atoms with Crippen LogP contribution < -0.4 is 5.32 Å². The Bertz CT molecular complexity index is 347. The van der Waals surface area contributed by atoms with E-state index in [1.54, 1.807) is 0 Å². The Morgan fingerprint density at radius 1 is 1.04 bits per heavy atom. The van der Waals surface area contributed by atoms with Crippen LogP contribution in [-0.4, -0.2) is 11.5 Å². The van der Waals surface area contributed by atoms with Crippen molar-refractivity contribution in [1.29, 1.82) is 0 Å². The Morgan fingerprint density at radius 2 is 1.74 bits per heavy atom. The maximum atomic E-state index is 4.21. The van der Waals surface area contributed by atoms with Gasteiger partial charge in [-0.25, -0.2) is 4.98 Å². The summed E-state index contributed by atoms with van der Waals surface area (Å²) in [6, 6.07) is 4.13. The summed E-state index contributed by atoms with van der Waals surface area (Å²) in [7, 11) is 0. The van der Waals surface area contributed by atoms with Gasteiger partial charge < -0.3 is 5.32 Å². The second kappa shape index (κ2) is 18.7. The molecule has 1 atom stereocenters. The molecule has 1 aliphatic carbocycles. The molecule has 0 bridgehead atoms. The molecule has 0 amide bonds. The molecule has 1 aromatic heterocycles. The Balaban J connectivity index is 0. The molecular weight excluding hydrogens is 280 g/mol. The zero-order valence-corrected chi connectivity index (χ0v) is 16.7. The van der Waals surface area contributed by atoms with E-state index in [0.29, 0.717) is 0 Å². The summed E-state index contributed by atoms with van der Waals surface area (Å²) in [6.45, 7) is 15.4. The van der Waals surface area contributed by atoms with Crippen LogP contribution >= 0.6 is 0 Å². The van der Waals surface area contributed by atoms with E-state index in [9.17, 15) is 0 Å². The fourth-order valence-corrected chi connectivity index (χ4v) is 2.23. The van der Waals surface area contributed by atoms with Crippen LogP contribution in [0.4, 0.5) is 5.82 Å². The Labute approximate surface area is 145 Å². The number of rotatable bonds is 0. The SMILES string of the molecule is CC.CC.CC.CC1CC=CCC1.c1cnc2c(c1)CCCN2. The molecule has 2 nitrogen and oxygen atoms in total. The van der Waals surface area contributed by atoms with Crippen molar-refractivity contribution in [2.75, 3.05) is 11.9 Å². The van der Waals surface area contributed by atoms with E-state index in [-0.39, 0.29) is 0 Å². The van der Waals surface area contributed by atoms with Crippen molar-refractivity contribution in [1.82, 2.24) is 4.98 Å². The predicted octanol–water partition coefficient (Wildman–Crippen LogP) is 6.88. The van der Waals surface area contributed by atoms with Gasteiger partial charge in [-0.3, -0.25) is 0 Å². The maximum Gasteiger partial charge on any atom is 0.129 e. The summed E-state index contributed by atoms with van der Waals surface area (Å²) in [5, 5.41) is 3.25. The first-order valence-electron chi connectivity index (χ1n) is 9.69. The van der Waals surface area contributed by atoms with Crippen molar-refractivity contribution in [3.63, 3.8) is 0 Å². The second-order valence-corrected chi connectivity index (χ2v) is 4.93. The van der Waals surface area contributed by atoms with Crippen molar-refractivity contribution in [3.05, 3.63) is 36.0 Å². The van der Waals surface area contributed by atoms with Gasteiger partial charge in [0, 0.05) is 12.7 Å². The number of aromatic nitrogens is 1. The van der Waals surface area contributed by atoms with Crippen molar-refractivity contribution in [3.8, 4) is 0 Å². The van der Waals surface area contributed by atoms with Gasteiger partial charge in [0.1, 0.15) is 5.82 Å². The normalized spacial score (nSPS) is 16.9. The molecule has 2 heteroatoms. The lowest BCUT2D eigenvalue weighted by atomic mass is 9.97. The molecule has 1 unspecified atom stereocenters. The fourth-order valence-electron chi connectivity index (χ4n) is 2.23. The summed E-state index contributed by atoms with van der Waals surface area (Å²) in [5.74, 6) is 2.03. The number of nitrogens with one attached hydrogen (secondary N) is 1. The van der Waals surface area contributed by atoms with Gasteiger partial charge in [0.05, 0.1) is 0 Å². The number of fused-ring (bicyclic) bond motifs is 1. The van der Waals surface area contributed by atoms with Gasteiger partial charge in [-0.05, 0) is 49.7 Å². The lowest BCUT2D eigenvalue weighted by Gasteiger charge is -2.15. The maximum absolute atomic E-state index is 4.21. The zero-order chi connectivity index (χ0) is 17.9. The van der Waals surface area contributed by atoms with Crippen LogP contribution in [0.2, 0.25) is 0 Å². The lowest BCUT2D eigenvalue weighted by Crippen LogP contribution is -2.12. The molecular formula is C21H40N2. The number of pyridine rings is 1. The first kappa shape index (κ1) is 23.9. The number of hydrogen-bond acceptors (Lipinski definition) is 2. The molecule has 23 heavy (non-hydrogen) atoms. The van der Waals surface area contributed by atoms with Crippen LogP contribution in [0.1, 0.15) is 79.7 Å². The minimum absolute atomic E-state index is 0.949. The van der Waals surface area contributed by atoms with E-state index < -0.39 is 0 Å². The fraction of sp³-hybridized carbons (Fsp3) is 0.667. The third-order valence-electron chi connectivity index (χ3n) is 3.34. The van der Waals surface area contributed by atoms with Crippen LogP contribution in [0.5, 0.6) is 0 Å². The van der Waals surface area contributed by atoms with Crippen LogP contribution in [0, 0.1) is 5.92 Å². The third-order valence-corrected chi connectivity index (χ3v) is 3.34. The number of aryl methyl sites for hydroxylation is 1. The number of allylic oxidation sites excluding steroid dienone is 2. The largest absolute Gasteiger partial charge is 0.370 e. The van der Waals surface area contributed by atoms with Crippen molar-refractivity contribution < 1.29 is 0 Å². The first-order valence-corrected chi connectivity index (χ1v) is 9.69. The highest BCUT2D eigenvalue weighted by atomic mass is 15.0. The minimum atomic E-state index is 0.949. The van der Waals surface area contributed by atoms with E-state index in [1.807, 2.05) is 53.8 Å². The van der Waals surface area contributed by atoms with Crippen molar-refractivity contribution in [2.24, 2.45) is 5.92 Å². The van der Waals surface area contributed by atoms with Crippen LogP contribution in [-0.2, 0) is 6.42 Å². The van der Waals surface area contributed by atoms with Crippen molar-refractivity contribution >= 4 is 5.82 Å². The zero-order valence-electron chi connectivity index (χ0n) is 16.7. The molecule has 0 fully saturated rings. The second-order valence-electron chi connectivity index (χ2n) is 4.93. The van der Waals surface area contributed by atoms with Gasteiger partial charge in [-0.2, -0.15) is 0 Å². The third kappa shape index (κ3) is 11.9. The number of nitrogens with zero attached hydrogens (tertiary/aromatic N) is 1. The number of anilines is 1. The van der Waals surface area contributed by atoms with Gasteiger partial charge >= 0.3 is 0 Å². The lowest BCUT2D eigenvalue weighted by molar-refractivity contribution is 0.527. The smallest absolute Gasteiger partial charge is 0.129 e. The summed E-state index contributed by atoms with van der Waals surface area (Å²) in [6.07, 6.45) is 12.8. The molecule has 1 aliphatic heterocycles. The molecule has 0 spiro atoms. The minimum Gasteiger partial charge on any atom is -0.370 e. The quantitative estimate of drug-likeness (QED) is 0.527. The van der Waals surface area contributed by atoms with E-state index >= 15 is 0 Å². The van der Waals surface area contributed by atoms with Gasteiger partial charge in [0.2, 0.25) is 0 Å². The topological polar surface area (TPSA) is 24.9 Å². The summed E-state index contributed by atoms with van der Waals surface area (Å²) >= 11 is 0. The predicted molar refractivity (Wildman–Crippen MR) is 107 cm³/mol. The standard InChI is InChI=1S/C8H10N2.C7H12.3C2H6/c1-3-7-4-2-6-10-8(7)9-5-1;1-7-5-3-2-4-6-7;3*1-2/h1,3,5H,2,4,6H2,(H,9,10);2-3,7H,4-6H2,1H3;3*1-2H3. The Kier molecular flexibility index (Phi) is 19.5. The number of hydrogen-bond donors (Lipinski definition) is 1. The van der Waals surface area contributed by atoms with Crippen LogP contribution in [0.3, 0.4) is 0 Å².